The molecule has 1 aliphatic heterocycles. The van der Waals surface area contributed by atoms with Gasteiger partial charge in [-0.1, -0.05) is 6.07 Å². The summed E-state index contributed by atoms with van der Waals surface area (Å²) in [6, 6.07) is 10.00. The molecule has 1 aliphatic rings. The number of aromatic nitrogens is 3. The van der Waals surface area contributed by atoms with Crippen LogP contribution in [0.3, 0.4) is 0 Å². The first-order valence-electron chi connectivity index (χ1n) is 10.1. The van der Waals surface area contributed by atoms with Gasteiger partial charge >= 0.3 is 0 Å². The van der Waals surface area contributed by atoms with E-state index in [2.05, 4.69) is 20.9 Å². The molecule has 6 heteroatoms. The number of nitrogens with zero attached hydrogens (tertiary/aromatic N) is 4. The Kier molecular flexibility index (Phi) is 6.00. The molecule has 3 heterocycles. The average Bonchev–Trinajstić information content (AvgIpc) is 2.76. The van der Waals surface area contributed by atoms with E-state index in [1.165, 1.54) is 11.1 Å². The van der Waals surface area contributed by atoms with E-state index in [-0.39, 0.29) is 0 Å². The van der Waals surface area contributed by atoms with Crippen LogP contribution in [0.15, 0.2) is 48.9 Å². The summed E-state index contributed by atoms with van der Waals surface area (Å²) in [5.74, 6) is 2.51. The molecule has 29 heavy (non-hydrogen) atoms. The molecule has 150 valence electrons. The molecule has 2 aromatic heterocycles. The van der Waals surface area contributed by atoms with Crippen molar-refractivity contribution in [1.29, 1.82) is 0 Å². The maximum absolute atomic E-state index is 5.86. The normalized spacial score (nSPS) is 13.7. The zero-order valence-electron chi connectivity index (χ0n) is 17.0. The van der Waals surface area contributed by atoms with E-state index in [1.54, 1.807) is 12.4 Å². The van der Waals surface area contributed by atoms with Crippen LogP contribution in [-0.4, -0.2) is 39.6 Å². The monoisotopic (exact) mass is 390 g/mol. The first kappa shape index (κ1) is 19.3. The molecule has 3 aromatic rings. The topological polar surface area (TPSA) is 60.4 Å². The SMILES string of the molecule is CCOc1ccc(CN2CCc3nc(-c4ccncc4)ncc3C2)c(OCC)c1. The molecular formula is C23H26N4O2. The maximum Gasteiger partial charge on any atom is 0.159 e. The lowest BCUT2D eigenvalue weighted by atomic mass is 10.1. The summed E-state index contributed by atoms with van der Waals surface area (Å²) < 4.78 is 11.5. The van der Waals surface area contributed by atoms with E-state index >= 15 is 0 Å². The van der Waals surface area contributed by atoms with Crippen LogP contribution in [0.4, 0.5) is 0 Å². The van der Waals surface area contributed by atoms with Crippen LogP contribution in [0.25, 0.3) is 11.4 Å². The molecule has 0 radical (unpaired) electrons. The highest BCUT2D eigenvalue weighted by Gasteiger charge is 2.20. The van der Waals surface area contributed by atoms with Crippen molar-refractivity contribution in [3.05, 3.63) is 65.7 Å². The van der Waals surface area contributed by atoms with E-state index in [9.17, 15) is 0 Å². The Morgan fingerprint density at radius 1 is 1.03 bits per heavy atom. The second kappa shape index (κ2) is 9.01. The number of benzene rings is 1. The van der Waals surface area contributed by atoms with Gasteiger partial charge in [-0.2, -0.15) is 0 Å². The number of rotatable bonds is 7. The van der Waals surface area contributed by atoms with Crippen LogP contribution in [0.5, 0.6) is 11.5 Å². The van der Waals surface area contributed by atoms with Crippen LogP contribution < -0.4 is 9.47 Å². The lowest BCUT2D eigenvalue weighted by Gasteiger charge is -2.28. The second-order valence-corrected chi connectivity index (χ2v) is 7.00. The zero-order chi connectivity index (χ0) is 20.1. The van der Waals surface area contributed by atoms with Gasteiger partial charge in [0.2, 0.25) is 0 Å². The predicted octanol–water partition coefficient (Wildman–Crippen LogP) is 3.89. The highest BCUT2D eigenvalue weighted by atomic mass is 16.5. The van der Waals surface area contributed by atoms with Crippen LogP contribution in [0.2, 0.25) is 0 Å². The molecule has 0 amide bonds. The summed E-state index contributed by atoms with van der Waals surface area (Å²) in [5.41, 5.74) is 4.51. The Bertz CT molecular complexity index is 962. The maximum atomic E-state index is 5.86. The molecule has 1 aromatic carbocycles. The quantitative estimate of drug-likeness (QED) is 0.610. The average molecular weight is 390 g/mol. The van der Waals surface area contributed by atoms with Gasteiger partial charge in [0.25, 0.3) is 0 Å². The van der Waals surface area contributed by atoms with E-state index < -0.39 is 0 Å². The molecule has 0 atom stereocenters. The van der Waals surface area contributed by atoms with E-state index in [1.807, 2.05) is 44.3 Å². The lowest BCUT2D eigenvalue weighted by molar-refractivity contribution is 0.236. The molecule has 0 aliphatic carbocycles. The minimum absolute atomic E-state index is 0.636. The number of ether oxygens (including phenoxy) is 2. The van der Waals surface area contributed by atoms with Crippen molar-refractivity contribution in [1.82, 2.24) is 19.9 Å². The van der Waals surface area contributed by atoms with Crippen LogP contribution in [0.1, 0.15) is 30.7 Å². The summed E-state index contributed by atoms with van der Waals surface area (Å²) in [4.78, 5) is 15.8. The molecule has 0 spiro atoms. The van der Waals surface area contributed by atoms with Crippen LogP contribution >= 0.6 is 0 Å². The second-order valence-electron chi connectivity index (χ2n) is 7.00. The van der Waals surface area contributed by atoms with E-state index in [0.717, 1.165) is 54.6 Å². The number of pyridine rings is 1. The third-order valence-corrected chi connectivity index (χ3v) is 4.99. The Labute approximate surface area is 171 Å². The highest BCUT2D eigenvalue weighted by Crippen LogP contribution is 2.28. The van der Waals surface area contributed by atoms with Gasteiger partial charge in [0.05, 0.1) is 18.9 Å². The van der Waals surface area contributed by atoms with Gasteiger partial charge < -0.3 is 9.47 Å². The summed E-state index contributed by atoms with van der Waals surface area (Å²) in [7, 11) is 0. The minimum atomic E-state index is 0.636. The van der Waals surface area contributed by atoms with Gasteiger partial charge in [-0.3, -0.25) is 9.88 Å². The van der Waals surface area contributed by atoms with Gasteiger partial charge in [0.1, 0.15) is 11.5 Å². The number of fused-ring (bicyclic) bond motifs is 1. The lowest BCUT2D eigenvalue weighted by Crippen LogP contribution is -2.31. The predicted molar refractivity (Wildman–Crippen MR) is 112 cm³/mol. The van der Waals surface area contributed by atoms with E-state index in [0.29, 0.717) is 13.2 Å². The smallest absolute Gasteiger partial charge is 0.159 e. The van der Waals surface area contributed by atoms with Gasteiger partial charge in [0.15, 0.2) is 5.82 Å². The summed E-state index contributed by atoms with van der Waals surface area (Å²) in [6.07, 6.45) is 6.42. The third-order valence-electron chi connectivity index (χ3n) is 4.99. The summed E-state index contributed by atoms with van der Waals surface area (Å²) in [5, 5.41) is 0. The Morgan fingerprint density at radius 2 is 1.86 bits per heavy atom. The fourth-order valence-electron chi connectivity index (χ4n) is 3.60. The first-order valence-corrected chi connectivity index (χ1v) is 10.1. The molecule has 4 rings (SSSR count). The first-order chi connectivity index (χ1) is 14.3. The largest absolute Gasteiger partial charge is 0.494 e. The molecule has 0 unspecified atom stereocenters. The van der Waals surface area contributed by atoms with E-state index in [4.69, 9.17) is 14.5 Å². The van der Waals surface area contributed by atoms with Crippen molar-refractivity contribution < 1.29 is 9.47 Å². The van der Waals surface area contributed by atoms with Crippen molar-refractivity contribution in [2.45, 2.75) is 33.4 Å². The highest BCUT2D eigenvalue weighted by molar-refractivity contribution is 5.54. The summed E-state index contributed by atoms with van der Waals surface area (Å²) in [6.45, 7) is 7.90. The van der Waals surface area contributed by atoms with Gasteiger partial charge in [0, 0.05) is 67.4 Å². The fourth-order valence-corrected chi connectivity index (χ4v) is 3.60. The molecule has 6 nitrogen and oxygen atoms in total. The van der Waals surface area contributed by atoms with Crippen LogP contribution in [-0.2, 0) is 19.5 Å². The molecule has 0 bridgehead atoms. The van der Waals surface area contributed by atoms with Gasteiger partial charge in [-0.05, 0) is 32.0 Å². The number of hydrogen-bond donors (Lipinski definition) is 0. The molecule has 0 fully saturated rings. The standard InChI is InChI=1S/C23H26N4O2/c1-3-28-20-6-5-18(22(13-20)29-4-2)15-27-12-9-21-19(16-27)14-25-23(26-21)17-7-10-24-11-8-17/h5-8,10-11,13-14H,3-4,9,12,15-16H2,1-2H3. The molecule has 0 N–H and O–H groups in total. The van der Waals surface area contributed by atoms with Crippen molar-refractivity contribution in [3.63, 3.8) is 0 Å². The zero-order valence-corrected chi connectivity index (χ0v) is 17.0. The fraction of sp³-hybridized carbons (Fsp3) is 0.348. The van der Waals surface area contributed by atoms with Crippen molar-refractivity contribution >= 4 is 0 Å². The molecular weight excluding hydrogens is 364 g/mol. The van der Waals surface area contributed by atoms with Crippen molar-refractivity contribution in [2.24, 2.45) is 0 Å². The third kappa shape index (κ3) is 4.54. The van der Waals surface area contributed by atoms with Crippen molar-refractivity contribution in [3.8, 4) is 22.9 Å². The minimum Gasteiger partial charge on any atom is -0.494 e. The number of hydrogen-bond acceptors (Lipinski definition) is 6. The Balaban J connectivity index is 1.49. The summed E-state index contributed by atoms with van der Waals surface area (Å²) >= 11 is 0. The van der Waals surface area contributed by atoms with Crippen LogP contribution in [0, 0.1) is 0 Å². The van der Waals surface area contributed by atoms with Gasteiger partial charge in [-0.15, -0.1) is 0 Å². The molecule has 0 saturated carbocycles. The van der Waals surface area contributed by atoms with Crippen molar-refractivity contribution in [2.75, 3.05) is 19.8 Å². The molecule has 0 saturated heterocycles. The van der Waals surface area contributed by atoms with Gasteiger partial charge in [-0.25, -0.2) is 9.97 Å². The Hall–Kier alpha value is -2.99. The Morgan fingerprint density at radius 3 is 2.66 bits per heavy atom.